The highest BCUT2D eigenvalue weighted by atomic mass is 16.5. The van der Waals surface area contributed by atoms with Crippen molar-refractivity contribution in [3.05, 3.63) is 57.3 Å². The third kappa shape index (κ3) is 4.31. The molecule has 0 aliphatic carbocycles. The highest BCUT2D eigenvalue weighted by Crippen LogP contribution is 2.19. The molecule has 0 radical (unpaired) electrons. The van der Waals surface area contributed by atoms with Crippen molar-refractivity contribution in [3.63, 3.8) is 0 Å². The normalized spacial score (nSPS) is 13.4. The summed E-state index contributed by atoms with van der Waals surface area (Å²) in [6.45, 7) is 5.70. The molecular weight excluding hydrogens is 330 g/mol. The van der Waals surface area contributed by atoms with Gasteiger partial charge in [-0.2, -0.15) is 0 Å². The van der Waals surface area contributed by atoms with Gasteiger partial charge in [-0.05, 0) is 50.3 Å². The minimum Gasteiger partial charge on any atom is -0.493 e. The smallest absolute Gasteiger partial charge is 0.254 e. The maximum absolute atomic E-state index is 12.4. The number of carbonyl (C=O) groups is 1. The van der Waals surface area contributed by atoms with Gasteiger partial charge in [-0.15, -0.1) is 0 Å². The van der Waals surface area contributed by atoms with Gasteiger partial charge in [-0.1, -0.05) is 12.1 Å². The summed E-state index contributed by atoms with van der Waals surface area (Å²) in [5.41, 5.74) is 3.63. The third-order valence-electron chi connectivity index (χ3n) is 4.75. The van der Waals surface area contributed by atoms with E-state index in [4.69, 9.17) is 4.74 Å². The van der Waals surface area contributed by atoms with Gasteiger partial charge in [0, 0.05) is 18.5 Å². The number of hydrogen-bond acceptors (Lipinski definition) is 4. The number of hydrogen-bond donors (Lipinski definition) is 1. The average Bonchev–Trinajstić information content (AvgIpc) is 2.64. The van der Waals surface area contributed by atoms with Crippen molar-refractivity contribution in [1.82, 2.24) is 14.9 Å². The maximum atomic E-state index is 12.4. The molecule has 1 amide bonds. The number of aromatic amines is 1. The minimum atomic E-state index is -0.0920. The number of ether oxygens (including phenoxy) is 1. The van der Waals surface area contributed by atoms with E-state index in [-0.39, 0.29) is 11.5 Å². The Balaban J connectivity index is 1.42. The first-order valence-corrected chi connectivity index (χ1v) is 9.08. The molecule has 0 fully saturated rings. The van der Waals surface area contributed by atoms with Gasteiger partial charge in [0.15, 0.2) is 0 Å². The van der Waals surface area contributed by atoms with Gasteiger partial charge in [0.05, 0.1) is 25.2 Å². The molecule has 0 saturated heterocycles. The first kappa shape index (κ1) is 18.2. The van der Waals surface area contributed by atoms with Gasteiger partial charge < -0.3 is 14.6 Å². The number of benzene rings is 1. The van der Waals surface area contributed by atoms with Gasteiger partial charge in [-0.25, -0.2) is 4.98 Å². The number of aromatic nitrogens is 2. The summed E-state index contributed by atoms with van der Waals surface area (Å²) >= 11 is 0. The molecule has 0 atom stereocenters. The summed E-state index contributed by atoms with van der Waals surface area (Å²) in [4.78, 5) is 32.7. The lowest BCUT2D eigenvalue weighted by molar-refractivity contribution is -0.132. The second-order valence-electron chi connectivity index (χ2n) is 6.80. The standard InChI is InChI=1S/C20H25N3O3/c1-14-6-7-15(2)18(11-14)26-10-4-3-5-19(24)23-9-8-16-17(12-23)21-13-22-20(16)25/h6-7,11,13H,3-5,8-10,12H2,1-2H3,(H,21,22,25). The molecule has 0 bridgehead atoms. The Morgan fingerprint density at radius 1 is 1.31 bits per heavy atom. The monoisotopic (exact) mass is 355 g/mol. The molecule has 1 aromatic heterocycles. The van der Waals surface area contributed by atoms with Crippen molar-refractivity contribution in [2.24, 2.45) is 0 Å². The van der Waals surface area contributed by atoms with Crippen LogP contribution in [0.2, 0.25) is 0 Å². The molecule has 2 aromatic rings. The highest BCUT2D eigenvalue weighted by molar-refractivity contribution is 5.76. The second kappa shape index (κ2) is 8.17. The van der Waals surface area contributed by atoms with Crippen LogP contribution in [0.1, 0.15) is 41.6 Å². The molecule has 6 heteroatoms. The summed E-state index contributed by atoms with van der Waals surface area (Å²) in [6.07, 6.45) is 4.09. The van der Waals surface area contributed by atoms with Crippen molar-refractivity contribution in [3.8, 4) is 5.75 Å². The molecule has 1 aliphatic heterocycles. The lowest BCUT2D eigenvalue weighted by atomic mass is 10.1. The van der Waals surface area contributed by atoms with Crippen LogP contribution in [0, 0.1) is 13.8 Å². The molecule has 0 unspecified atom stereocenters. The van der Waals surface area contributed by atoms with Crippen molar-refractivity contribution in [1.29, 1.82) is 0 Å². The number of amides is 1. The quantitative estimate of drug-likeness (QED) is 0.808. The molecule has 1 N–H and O–H groups in total. The number of rotatable bonds is 6. The van der Waals surface area contributed by atoms with Gasteiger partial charge in [0.2, 0.25) is 5.91 Å². The fourth-order valence-corrected chi connectivity index (χ4v) is 3.16. The Hall–Kier alpha value is -2.63. The molecule has 0 spiro atoms. The molecule has 138 valence electrons. The lowest BCUT2D eigenvalue weighted by Gasteiger charge is -2.27. The van der Waals surface area contributed by atoms with Gasteiger partial charge in [0.1, 0.15) is 5.75 Å². The number of unbranched alkanes of at least 4 members (excludes halogenated alkanes) is 1. The van der Waals surface area contributed by atoms with E-state index in [2.05, 4.69) is 22.1 Å². The highest BCUT2D eigenvalue weighted by Gasteiger charge is 2.22. The molecule has 2 heterocycles. The molecule has 6 nitrogen and oxygen atoms in total. The summed E-state index contributed by atoms with van der Waals surface area (Å²) in [5.74, 6) is 1.03. The van der Waals surface area contributed by atoms with E-state index >= 15 is 0 Å². The Morgan fingerprint density at radius 3 is 3.00 bits per heavy atom. The first-order chi connectivity index (χ1) is 12.5. The maximum Gasteiger partial charge on any atom is 0.254 e. The molecule has 1 aliphatic rings. The number of nitrogens with one attached hydrogen (secondary N) is 1. The summed E-state index contributed by atoms with van der Waals surface area (Å²) < 4.78 is 5.83. The van der Waals surface area contributed by atoms with Crippen LogP contribution >= 0.6 is 0 Å². The fraction of sp³-hybridized carbons (Fsp3) is 0.450. The van der Waals surface area contributed by atoms with Crippen LogP contribution in [-0.4, -0.2) is 33.9 Å². The van der Waals surface area contributed by atoms with Crippen LogP contribution in [0.25, 0.3) is 0 Å². The number of H-pyrrole nitrogens is 1. The lowest BCUT2D eigenvalue weighted by Crippen LogP contribution is -2.38. The van der Waals surface area contributed by atoms with E-state index in [0.29, 0.717) is 43.8 Å². The summed E-state index contributed by atoms with van der Waals surface area (Å²) in [5, 5.41) is 0. The van der Waals surface area contributed by atoms with Gasteiger partial charge in [-0.3, -0.25) is 9.59 Å². The van der Waals surface area contributed by atoms with Crippen molar-refractivity contribution < 1.29 is 9.53 Å². The van der Waals surface area contributed by atoms with E-state index in [1.165, 1.54) is 11.9 Å². The molecule has 0 saturated carbocycles. The Morgan fingerprint density at radius 2 is 2.15 bits per heavy atom. The Bertz CT molecular complexity index is 844. The predicted octanol–water partition coefficient (Wildman–Crippen LogP) is 2.52. The number of carbonyl (C=O) groups excluding carboxylic acids is 1. The van der Waals surface area contributed by atoms with Crippen molar-refractivity contribution >= 4 is 5.91 Å². The molecular formula is C20H25N3O3. The van der Waals surface area contributed by atoms with Crippen LogP contribution in [0.4, 0.5) is 0 Å². The van der Waals surface area contributed by atoms with Crippen LogP contribution in [0.15, 0.2) is 29.3 Å². The zero-order valence-electron chi connectivity index (χ0n) is 15.4. The Kier molecular flexibility index (Phi) is 5.71. The largest absolute Gasteiger partial charge is 0.493 e. The zero-order chi connectivity index (χ0) is 18.5. The zero-order valence-corrected chi connectivity index (χ0v) is 15.4. The first-order valence-electron chi connectivity index (χ1n) is 9.08. The molecule has 26 heavy (non-hydrogen) atoms. The van der Waals surface area contributed by atoms with Crippen LogP contribution in [0.3, 0.4) is 0 Å². The van der Waals surface area contributed by atoms with E-state index in [1.54, 1.807) is 4.90 Å². The molecule has 1 aromatic carbocycles. The third-order valence-corrected chi connectivity index (χ3v) is 4.75. The number of fused-ring (bicyclic) bond motifs is 1. The van der Waals surface area contributed by atoms with Crippen molar-refractivity contribution in [2.75, 3.05) is 13.2 Å². The van der Waals surface area contributed by atoms with Crippen LogP contribution in [0.5, 0.6) is 5.75 Å². The van der Waals surface area contributed by atoms with E-state index in [1.807, 2.05) is 19.9 Å². The van der Waals surface area contributed by atoms with Crippen molar-refractivity contribution in [2.45, 2.75) is 46.1 Å². The second-order valence-corrected chi connectivity index (χ2v) is 6.80. The summed E-state index contributed by atoms with van der Waals surface area (Å²) in [6, 6.07) is 6.17. The number of nitrogens with zero attached hydrogens (tertiary/aromatic N) is 2. The average molecular weight is 355 g/mol. The van der Waals surface area contributed by atoms with E-state index in [0.717, 1.165) is 24.2 Å². The van der Waals surface area contributed by atoms with Crippen LogP contribution < -0.4 is 10.3 Å². The van der Waals surface area contributed by atoms with Gasteiger partial charge >= 0.3 is 0 Å². The minimum absolute atomic E-state index is 0.0920. The van der Waals surface area contributed by atoms with E-state index in [9.17, 15) is 9.59 Å². The fourth-order valence-electron chi connectivity index (χ4n) is 3.16. The molecule has 3 rings (SSSR count). The number of aryl methyl sites for hydroxylation is 2. The topological polar surface area (TPSA) is 75.3 Å². The Labute approximate surface area is 153 Å². The predicted molar refractivity (Wildman–Crippen MR) is 99.2 cm³/mol. The van der Waals surface area contributed by atoms with E-state index < -0.39 is 0 Å². The SMILES string of the molecule is Cc1ccc(C)c(OCCCCC(=O)N2CCc3c(nc[nH]c3=O)C2)c1. The van der Waals surface area contributed by atoms with Crippen LogP contribution in [-0.2, 0) is 17.8 Å². The van der Waals surface area contributed by atoms with Gasteiger partial charge in [0.25, 0.3) is 5.56 Å². The summed E-state index contributed by atoms with van der Waals surface area (Å²) in [7, 11) is 0.